The number of carbonyl (C=O) groups is 1. The second-order valence-electron chi connectivity index (χ2n) is 4.54. The second kappa shape index (κ2) is 4.28. The van der Waals surface area contributed by atoms with Crippen LogP contribution in [-0.2, 0) is 19.9 Å². The third-order valence-corrected chi connectivity index (χ3v) is 3.74. The van der Waals surface area contributed by atoms with Crippen LogP contribution >= 0.6 is 0 Å². The molecule has 0 radical (unpaired) electrons. The molecule has 0 aromatic heterocycles. The summed E-state index contributed by atoms with van der Waals surface area (Å²) in [5.74, 6) is 0.450. The van der Waals surface area contributed by atoms with Crippen molar-refractivity contribution in [3.8, 4) is 5.75 Å². The highest BCUT2D eigenvalue weighted by Gasteiger charge is 2.72. The number of benzene rings is 1. The van der Waals surface area contributed by atoms with Crippen LogP contribution in [-0.4, -0.2) is 25.8 Å². The highest BCUT2D eigenvalue weighted by Crippen LogP contribution is 2.58. The van der Waals surface area contributed by atoms with E-state index in [9.17, 15) is 4.79 Å². The number of methoxy groups -OCH3 is 2. The van der Waals surface area contributed by atoms with Gasteiger partial charge in [-0.3, -0.25) is 0 Å². The molecule has 1 aliphatic heterocycles. The van der Waals surface area contributed by atoms with Gasteiger partial charge in [-0.05, 0) is 31.0 Å². The molecule has 18 heavy (non-hydrogen) atoms. The van der Waals surface area contributed by atoms with Gasteiger partial charge in [0.15, 0.2) is 5.60 Å². The van der Waals surface area contributed by atoms with Crippen LogP contribution in [0.4, 0.5) is 0 Å². The summed E-state index contributed by atoms with van der Waals surface area (Å²) in [5.41, 5.74) is -0.490. The Hall–Kier alpha value is -1.55. The molecular formula is C14H18O4. The molecule has 1 saturated heterocycles. The third-order valence-electron chi connectivity index (χ3n) is 3.74. The minimum absolute atomic E-state index is 0.333. The summed E-state index contributed by atoms with van der Waals surface area (Å²) in [6, 6.07) is 7.59. The second-order valence-corrected chi connectivity index (χ2v) is 4.54. The standard InChI is InChI=1S/C14H18O4/c1-5-14(13(2,18-14)12(15)17-4)10-6-8-11(16-3)9-7-10/h6-9H,5H2,1-4H3. The zero-order valence-corrected chi connectivity index (χ0v) is 11.1. The van der Waals surface area contributed by atoms with Crippen molar-refractivity contribution in [1.82, 2.24) is 0 Å². The number of ether oxygens (including phenoxy) is 3. The van der Waals surface area contributed by atoms with E-state index < -0.39 is 11.2 Å². The molecule has 4 nitrogen and oxygen atoms in total. The minimum atomic E-state index is -0.884. The van der Waals surface area contributed by atoms with Gasteiger partial charge in [0, 0.05) is 0 Å². The van der Waals surface area contributed by atoms with Crippen LogP contribution in [0.1, 0.15) is 25.8 Å². The predicted octanol–water partition coefficient (Wildman–Crippen LogP) is 2.26. The van der Waals surface area contributed by atoms with Gasteiger partial charge >= 0.3 is 5.97 Å². The third kappa shape index (κ3) is 1.60. The van der Waals surface area contributed by atoms with Crippen molar-refractivity contribution in [3.63, 3.8) is 0 Å². The average Bonchev–Trinajstić information content (AvgIpc) is 3.06. The molecular weight excluding hydrogens is 232 g/mol. The van der Waals surface area contributed by atoms with Gasteiger partial charge in [-0.25, -0.2) is 4.79 Å². The summed E-state index contributed by atoms with van der Waals surface area (Å²) in [5, 5.41) is 0. The topological polar surface area (TPSA) is 48.1 Å². The molecule has 0 amide bonds. The molecule has 98 valence electrons. The van der Waals surface area contributed by atoms with Gasteiger partial charge in [0.1, 0.15) is 11.4 Å². The van der Waals surface area contributed by atoms with E-state index in [2.05, 4.69) is 0 Å². The van der Waals surface area contributed by atoms with Crippen LogP contribution in [0.15, 0.2) is 24.3 Å². The van der Waals surface area contributed by atoms with Crippen molar-refractivity contribution < 1.29 is 19.0 Å². The van der Waals surface area contributed by atoms with E-state index in [0.29, 0.717) is 6.42 Å². The number of hydrogen-bond donors (Lipinski definition) is 0. The van der Waals surface area contributed by atoms with Gasteiger partial charge in [-0.2, -0.15) is 0 Å². The molecule has 0 aliphatic carbocycles. The largest absolute Gasteiger partial charge is 0.497 e. The fraction of sp³-hybridized carbons (Fsp3) is 0.500. The van der Waals surface area contributed by atoms with Crippen molar-refractivity contribution in [1.29, 1.82) is 0 Å². The van der Waals surface area contributed by atoms with Crippen molar-refractivity contribution in [3.05, 3.63) is 29.8 Å². The Bertz CT molecular complexity index is 453. The lowest BCUT2D eigenvalue weighted by Crippen LogP contribution is -2.30. The van der Waals surface area contributed by atoms with Gasteiger partial charge in [-0.1, -0.05) is 19.1 Å². The van der Waals surface area contributed by atoms with E-state index in [4.69, 9.17) is 14.2 Å². The SMILES string of the molecule is CCC1(c2ccc(OC)cc2)OC1(C)C(=O)OC. The molecule has 2 atom stereocenters. The average molecular weight is 250 g/mol. The molecule has 2 unspecified atom stereocenters. The molecule has 1 fully saturated rings. The first-order valence-electron chi connectivity index (χ1n) is 5.97. The van der Waals surface area contributed by atoms with Gasteiger partial charge in [0.25, 0.3) is 0 Å². The predicted molar refractivity (Wildman–Crippen MR) is 66.5 cm³/mol. The molecule has 1 aliphatic rings. The summed E-state index contributed by atoms with van der Waals surface area (Å²) in [6.07, 6.45) is 0.713. The van der Waals surface area contributed by atoms with Crippen LogP contribution in [0.25, 0.3) is 0 Å². The fourth-order valence-electron chi connectivity index (χ4n) is 2.53. The molecule has 1 heterocycles. The summed E-state index contributed by atoms with van der Waals surface area (Å²) >= 11 is 0. The summed E-state index contributed by atoms with van der Waals surface area (Å²) < 4.78 is 15.7. The summed E-state index contributed by atoms with van der Waals surface area (Å²) in [7, 11) is 3.00. The molecule has 0 spiro atoms. The Morgan fingerprint density at radius 2 is 1.89 bits per heavy atom. The Morgan fingerprint density at radius 3 is 2.33 bits per heavy atom. The quantitative estimate of drug-likeness (QED) is 0.607. The first-order valence-corrected chi connectivity index (χ1v) is 5.97. The molecule has 1 aromatic carbocycles. The molecule has 0 saturated carbocycles. The van der Waals surface area contributed by atoms with Gasteiger partial charge in [0.05, 0.1) is 14.2 Å². The number of hydrogen-bond acceptors (Lipinski definition) is 4. The number of esters is 1. The van der Waals surface area contributed by atoms with E-state index in [1.54, 1.807) is 14.0 Å². The molecule has 0 bridgehead atoms. The molecule has 0 N–H and O–H groups in total. The maximum atomic E-state index is 11.8. The molecule has 2 rings (SSSR count). The Kier molecular flexibility index (Phi) is 3.07. The van der Waals surface area contributed by atoms with Crippen molar-refractivity contribution in [2.24, 2.45) is 0 Å². The first-order chi connectivity index (χ1) is 8.54. The van der Waals surface area contributed by atoms with Crippen molar-refractivity contribution >= 4 is 5.97 Å². The Labute approximate surface area is 107 Å². The zero-order chi connectivity index (χ0) is 13.4. The van der Waals surface area contributed by atoms with Crippen LogP contribution in [0.2, 0.25) is 0 Å². The van der Waals surface area contributed by atoms with Crippen molar-refractivity contribution in [2.75, 3.05) is 14.2 Å². The molecule has 1 aromatic rings. The smallest absolute Gasteiger partial charge is 0.341 e. The maximum absolute atomic E-state index is 11.8. The van der Waals surface area contributed by atoms with Crippen molar-refractivity contribution in [2.45, 2.75) is 31.5 Å². The lowest BCUT2D eigenvalue weighted by Gasteiger charge is -2.14. The van der Waals surface area contributed by atoms with E-state index >= 15 is 0 Å². The molecule has 4 heteroatoms. The summed E-state index contributed by atoms with van der Waals surface area (Å²) in [6.45, 7) is 3.77. The lowest BCUT2D eigenvalue weighted by atomic mass is 9.85. The number of epoxide rings is 1. The zero-order valence-electron chi connectivity index (χ0n) is 11.1. The van der Waals surface area contributed by atoms with Crippen LogP contribution in [0, 0.1) is 0 Å². The highest BCUT2D eigenvalue weighted by atomic mass is 16.7. The van der Waals surface area contributed by atoms with Crippen LogP contribution in [0.5, 0.6) is 5.75 Å². The van der Waals surface area contributed by atoms with Gasteiger partial charge < -0.3 is 14.2 Å². The van der Waals surface area contributed by atoms with E-state index in [1.807, 2.05) is 31.2 Å². The van der Waals surface area contributed by atoms with E-state index in [1.165, 1.54) is 7.11 Å². The maximum Gasteiger partial charge on any atom is 0.341 e. The van der Waals surface area contributed by atoms with Gasteiger partial charge in [0.2, 0.25) is 0 Å². The van der Waals surface area contributed by atoms with E-state index in [-0.39, 0.29) is 5.97 Å². The fourth-order valence-corrected chi connectivity index (χ4v) is 2.53. The Balaban J connectivity index is 2.33. The monoisotopic (exact) mass is 250 g/mol. The normalized spacial score (nSPS) is 29.8. The van der Waals surface area contributed by atoms with Crippen LogP contribution in [0.3, 0.4) is 0 Å². The van der Waals surface area contributed by atoms with E-state index in [0.717, 1.165) is 11.3 Å². The number of rotatable bonds is 4. The minimum Gasteiger partial charge on any atom is -0.497 e. The summed E-state index contributed by atoms with van der Waals surface area (Å²) in [4.78, 5) is 11.8. The highest BCUT2D eigenvalue weighted by molar-refractivity contribution is 5.84. The number of carbonyl (C=O) groups excluding carboxylic acids is 1. The lowest BCUT2D eigenvalue weighted by molar-refractivity contribution is -0.146. The first kappa shape index (κ1) is 12.9. The van der Waals surface area contributed by atoms with Crippen LogP contribution < -0.4 is 4.74 Å². The van der Waals surface area contributed by atoms with Gasteiger partial charge in [-0.15, -0.1) is 0 Å². The Morgan fingerprint density at radius 1 is 1.28 bits per heavy atom.